The zero-order valence-electron chi connectivity index (χ0n) is 11.4. The Kier molecular flexibility index (Phi) is 4.69. The molecule has 0 unspecified atom stereocenters. The number of nitrogens with zero attached hydrogens (tertiary/aromatic N) is 1. The maximum Gasteiger partial charge on any atom is 0.438 e. The Morgan fingerprint density at radius 1 is 1.37 bits per heavy atom. The van der Waals surface area contributed by atoms with Gasteiger partial charge in [-0.25, -0.2) is 9.18 Å². The van der Waals surface area contributed by atoms with Crippen LogP contribution in [-0.2, 0) is 11.3 Å². The predicted molar refractivity (Wildman–Crippen MR) is 65.8 cm³/mol. The van der Waals surface area contributed by atoms with Crippen molar-refractivity contribution in [3.8, 4) is 5.75 Å². The van der Waals surface area contributed by atoms with Crippen molar-refractivity contribution in [2.75, 3.05) is 7.11 Å². The number of halogens is 2. The van der Waals surface area contributed by atoms with Crippen LogP contribution in [0.4, 0.5) is 13.7 Å². The summed E-state index contributed by atoms with van der Waals surface area (Å²) >= 11 is 0. The quantitative estimate of drug-likeness (QED) is 0.792. The van der Waals surface area contributed by atoms with E-state index in [9.17, 15) is 13.7 Å². The van der Waals surface area contributed by atoms with Crippen LogP contribution in [0.2, 0.25) is 0 Å². The van der Waals surface area contributed by atoms with E-state index in [4.69, 9.17) is 9.47 Å². The van der Waals surface area contributed by atoms with Crippen molar-refractivity contribution in [1.29, 1.82) is 0 Å². The van der Waals surface area contributed by atoms with Crippen molar-refractivity contribution in [2.24, 2.45) is 0 Å². The fourth-order valence-corrected chi connectivity index (χ4v) is 1.34. The minimum atomic E-state index is -1.09. The van der Waals surface area contributed by atoms with Crippen molar-refractivity contribution in [2.45, 2.75) is 32.9 Å². The molecule has 19 heavy (non-hydrogen) atoms. The monoisotopic (exact) mass is 273 g/mol. The summed E-state index contributed by atoms with van der Waals surface area (Å²) in [4.78, 5) is 11.4. The topological polar surface area (TPSA) is 38.8 Å². The van der Waals surface area contributed by atoms with E-state index in [0.717, 1.165) is 6.07 Å². The van der Waals surface area contributed by atoms with Gasteiger partial charge in [-0.3, -0.25) is 0 Å². The van der Waals surface area contributed by atoms with Gasteiger partial charge in [0.15, 0.2) is 11.6 Å². The van der Waals surface area contributed by atoms with E-state index >= 15 is 0 Å². The number of methoxy groups -OCH3 is 1. The van der Waals surface area contributed by atoms with Crippen LogP contribution in [0.15, 0.2) is 18.2 Å². The van der Waals surface area contributed by atoms with Gasteiger partial charge in [-0.15, -0.1) is 5.12 Å². The molecule has 0 radical (unpaired) electrons. The number of carbonyl (C=O) groups is 1. The summed E-state index contributed by atoms with van der Waals surface area (Å²) in [6.45, 7) is 4.57. The molecule has 0 saturated carbocycles. The van der Waals surface area contributed by atoms with Crippen LogP contribution >= 0.6 is 0 Å². The van der Waals surface area contributed by atoms with Crippen molar-refractivity contribution in [1.82, 2.24) is 5.12 Å². The molecule has 1 amide bonds. The van der Waals surface area contributed by atoms with E-state index in [2.05, 4.69) is 0 Å². The van der Waals surface area contributed by atoms with Crippen molar-refractivity contribution in [3.05, 3.63) is 29.6 Å². The summed E-state index contributed by atoms with van der Waals surface area (Å²) in [5.41, 5.74) is -0.381. The molecule has 4 nitrogen and oxygen atoms in total. The Morgan fingerprint density at radius 2 is 2.00 bits per heavy atom. The van der Waals surface area contributed by atoms with Crippen molar-refractivity contribution in [3.63, 3.8) is 0 Å². The van der Waals surface area contributed by atoms with E-state index in [-0.39, 0.29) is 17.4 Å². The van der Waals surface area contributed by atoms with E-state index < -0.39 is 17.5 Å². The van der Waals surface area contributed by atoms with Gasteiger partial charge in [0.05, 0.1) is 13.7 Å². The first-order valence-corrected chi connectivity index (χ1v) is 5.71. The highest BCUT2D eigenvalue weighted by Crippen LogP contribution is 2.20. The Bertz CT molecular complexity index is 458. The number of carbonyl (C=O) groups excluding carboxylic acids is 1. The Hall–Kier alpha value is -1.85. The van der Waals surface area contributed by atoms with Crippen LogP contribution in [0.5, 0.6) is 5.75 Å². The number of amides is 1. The summed E-state index contributed by atoms with van der Waals surface area (Å²) in [7, 11) is 1.31. The molecule has 0 heterocycles. The second-order valence-electron chi connectivity index (χ2n) is 4.97. The van der Waals surface area contributed by atoms with Gasteiger partial charge in [0.25, 0.3) is 0 Å². The molecule has 1 aromatic rings. The summed E-state index contributed by atoms with van der Waals surface area (Å²) in [6.07, 6.45) is -1.09. The zero-order valence-corrected chi connectivity index (χ0v) is 11.4. The van der Waals surface area contributed by atoms with Crippen molar-refractivity contribution >= 4 is 6.09 Å². The third-order valence-electron chi connectivity index (χ3n) is 2.13. The Balaban J connectivity index is 2.71. The lowest BCUT2D eigenvalue weighted by Gasteiger charge is -2.22. The highest BCUT2D eigenvalue weighted by molar-refractivity contribution is 5.66. The molecule has 0 aliphatic rings. The third-order valence-corrected chi connectivity index (χ3v) is 2.13. The number of ether oxygens (including phenoxy) is 2. The molecule has 6 heteroatoms. The minimum Gasteiger partial charge on any atom is -0.494 e. The van der Waals surface area contributed by atoms with Gasteiger partial charge in [-0.2, -0.15) is 0 Å². The average Bonchev–Trinajstić information content (AvgIpc) is 2.29. The lowest BCUT2D eigenvalue weighted by molar-refractivity contribution is -0.0350. The number of hydrogen-bond acceptors (Lipinski definition) is 3. The summed E-state index contributed by atoms with van der Waals surface area (Å²) < 4.78 is 36.4. The molecule has 0 bridgehead atoms. The number of rotatable bonds is 3. The molecule has 1 aromatic carbocycles. The van der Waals surface area contributed by atoms with Gasteiger partial charge < -0.3 is 9.47 Å². The second-order valence-corrected chi connectivity index (χ2v) is 4.97. The first kappa shape index (κ1) is 15.2. The molecule has 106 valence electrons. The lowest BCUT2D eigenvalue weighted by Crippen LogP contribution is -2.31. The van der Waals surface area contributed by atoms with Crippen LogP contribution in [0.1, 0.15) is 26.3 Å². The molecule has 0 saturated heterocycles. The van der Waals surface area contributed by atoms with Crippen LogP contribution in [0.25, 0.3) is 0 Å². The fourth-order valence-electron chi connectivity index (χ4n) is 1.34. The minimum absolute atomic E-state index is 0.00455. The second kappa shape index (κ2) is 5.86. The maximum absolute atomic E-state index is 13.6. The van der Waals surface area contributed by atoms with Crippen LogP contribution in [0, 0.1) is 5.82 Å². The summed E-state index contributed by atoms with van der Waals surface area (Å²) in [5.74, 6) is -0.552. The molecule has 0 aliphatic heterocycles. The molecular formula is C13H17F2NO3. The molecule has 0 fully saturated rings. The van der Waals surface area contributed by atoms with Gasteiger partial charge >= 0.3 is 6.09 Å². The van der Waals surface area contributed by atoms with Crippen LogP contribution in [0.3, 0.4) is 0 Å². The highest BCUT2D eigenvalue weighted by Gasteiger charge is 2.22. The third kappa shape index (κ3) is 4.73. The first-order valence-electron chi connectivity index (χ1n) is 5.71. The molecule has 0 N–H and O–H groups in total. The molecule has 0 atom stereocenters. The predicted octanol–water partition coefficient (Wildman–Crippen LogP) is 3.46. The SMILES string of the molecule is COc1cc(CN(F)C(=O)OC(C)(C)C)ccc1F. The lowest BCUT2D eigenvalue weighted by atomic mass is 10.2. The molecular weight excluding hydrogens is 256 g/mol. The van der Waals surface area contributed by atoms with E-state index in [1.807, 2.05) is 0 Å². The Labute approximate surface area is 110 Å². The van der Waals surface area contributed by atoms with Gasteiger partial charge in [0.2, 0.25) is 0 Å². The van der Waals surface area contributed by atoms with Crippen LogP contribution in [-0.4, -0.2) is 23.9 Å². The van der Waals surface area contributed by atoms with Gasteiger partial charge in [0.1, 0.15) is 5.60 Å². The number of benzene rings is 1. The fraction of sp³-hybridized carbons (Fsp3) is 0.462. The van der Waals surface area contributed by atoms with E-state index in [1.165, 1.54) is 19.2 Å². The van der Waals surface area contributed by atoms with Gasteiger partial charge in [0, 0.05) is 0 Å². The smallest absolute Gasteiger partial charge is 0.438 e. The molecule has 0 aromatic heterocycles. The highest BCUT2D eigenvalue weighted by atomic mass is 19.2. The summed E-state index contributed by atoms with van der Waals surface area (Å²) in [5, 5.41) is -0.0715. The largest absolute Gasteiger partial charge is 0.494 e. The molecule has 0 spiro atoms. The molecule has 1 rings (SSSR count). The standard InChI is InChI=1S/C13H17F2NO3/c1-13(2,3)19-12(17)16(15)8-9-5-6-10(14)11(7-9)18-4/h5-7H,8H2,1-4H3. The molecule has 0 aliphatic carbocycles. The van der Waals surface area contributed by atoms with Gasteiger partial charge in [-0.05, 0) is 38.5 Å². The first-order chi connectivity index (χ1) is 8.73. The zero-order chi connectivity index (χ0) is 14.6. The van der Waals surface area contributed by atoms with Gasteiger partial charge in [-0.1, -0.05) is 10.5 Å². The normalized spacial score (nSPS) is 11.1. The van der Waals surface area contributed by atoms with Crippen molar-refractivity contribution < 1.29 is 23.1 Å². The maximum atomic E-state index is 13.6. The van der Waals surface area contributed by atoms with E-state index in [0.29, 0.717) is 5.56 Å². The van der Waals surface area contributed by atoms with Crippen LogP contribution < -0.4 is 4.74 Å². The average molecular weight is 273 g/mol. The summed E-state index contributed by atoms with van der Waals surface area (Å²) in [6, 6.07) is 3.85. The number of hydrogen-bond donors (Lipinski definition) is 0. The van der Waals surface area contributed by atoms with E-state index in [1.54, 1.807) is 20.8 Å². The Morgan fingerprint density at radius 3 is 2.53 bits per heavy atom.